The second-order valence-electron chi connectivity index (χ2n) is 6.29. The highest BCUT2D eigenvalue weighted by Gasteiger charge is 2.17. The standard InChI is InChI=1S/C7H14O.C6H12O.C5H10/c1-2-7-5-3-4-6-8-7;1-2-6-4-3-5-7-6;1-2-5-3-4-5/h7H,2-6H2,1H3;6H,2-5H2,1H3;5H,2-4H2,1H3. The van der Waals surface area contributed by atoms with Gasteiger partial charge in [0.2, 0.25) is 0 Å². The molecule has 3 aliphatic rings. The summed E-state index contributed by atoms with van der Waals surface area (Å²) in [4.78, 5) is 0. The van der Waals surface area contributed by atoms with Crippen molar-refractivity contribution < 1.29 is 9.47 Å². The van der Waals surface area contributed by atoms with Gasteiger partial charge >= 0.3 is 0 Å². The van der Waals surface area contributed by atoms with Crippen LogP contribution in [0, 0.1) is 5.92 Å². The van der Waals surface area contributed by atoms with Crippen molar-refractivity contribution in [3.63, 3.8) is 0 Å². The molecule has 1 aliphatic carbocycles. The first kappa shape index (κ1) is 18.0. The lowest BCUT2D eigenvalue weighted by Gasteiger charge is -2.20. The Morgan fingerprint density at radius 2 is 1.20 bits per heavy atom. The third-order valence-corrected chi connectivity index (χ3v) is 4.48. The van der Waals surface area contributed by atoms with Crippen molar-refractivity contribution in [2.24, 2.45) is 5.92 Å². The van der Waals surface area contributed by atoms with Crippen LogP contribution in [0.4, 0.5) is 0 Å². The molecule has 0 radical (unpaired) electrons. The van der Waals surface area contributed by atoms with Gasteiger partial charge in [-0.25, -0.2) is 0 Å². The highest BCUT2D eigenvalue weighted by molar-refractivity contribution is 4.69. The summed E-state index contributed by atoms with van der Waals surface area (Å²) in [5, 5.41) is 0. The van der Waals surface area contributed by atoms with Gasteiger partial charge in [-0.3, -0.25) is 0 Å². The van der Waals surface area contributed by atoms with E-state index in [0.29, 0.717) is 12.2 Å². The molecular weight excluding hydrogens is 248 g/mol. The summed E-state index contributed by atoms with van der Waals surface area (Å²) >= 11 is 0. The third-order valence-electron chi connectivity index (χ3n) is 4.48. The van der Waals surface area contributed by atoms with E-state index in [4.69, 9.17) is 9.47 Å². The van der Waals surface area contributed by atoms with E-state index in [2.05, 4.69) is 20.8 Å². The molecule has 0 amide bonds. The van der Waals surface area contributed by atoms with E-state index in [1.807, 2.05) is 0 Å². The smallest absolute Gasteiger partial charge is 0.0573 e. The molecule has 2 heterocycles. The first-order valence-corrected chi connectivity index (χ1v) is 9.03. The van der Waals surface area contributed by atoms with Crippen LogP contribution in [0.25, 0.3) is 0 Å². The fourth-order valence-corrected chi connectivity index (χ4v) is 2.62. The average Bonchev–Trinajstić information content (AvgIpc) is 3.23. The van der Waals surface area contributed by atoms with Gasteiger partial charge in [0.05, 0.1) is 12.2 Å². The summed E-state index contributed by atoms with van der Waals surface area (Å²) in [6.45, 7) is 8.63. The van der Waals surface area contributed by atoms with E-state index in [0.717, 1.165) is 19.1 Å². The molecule has 2 saturated heterocycles. The predicted octanol–water partition coefficient (Wildman–Crippen LogP) is 5.35. The molecule has 0 N–H and O–H groups in total. The lowest BCUT2D eigenvalue weighted by atomic mass is 10.1. The summed E-state index contributed by atoms with van der Waals surface area (Å²) in [5.41, 5.74) is 0. The maximum absolute atomic E-state index is 5.43. The molecule has 2 atom stereocenters. The topological polar surface area (TPSA) is 18.5 Å². The zero-order chi connectivity index (χ0) is 14.6. The van der Waals surface area contributed by atoms with Crippen LogP contribution < -0.4 is 0 Å². The molecule has 120 valence electrons. The summed E-state index contributed by atoms with van der Waals surface area (Å²) in [5.74, 6) is 1.13. The van der Waals surface area contributed by atoms with Gasteiger partial charge in [0.15, 0.2) is 0 Å². The molecule has 1 saturated carbocycles. The van der Waals surface area contributed by atoms with E-state index < -0.39 is 0 Å². The molecule has 2 aliphatic heterocycles. The monoisotopic (exact) mass is 284 g/mol. The van der Waals surface area contributed by atoms with Crippen LogP contribution in [0.3, 0.4) is 0 Å². The Morgan fingerprint density at radius 3 is 1.40 bits per heavy atom. The largest absolute Gasteiger partial charge is 0.378 e. The Kier molecular flexibility index (Phi) is 10.4. The number of ether oxygens (including phenoxy) is 2. The zero-order valence-corrected chi connectivity index (χ0v) is 14.0. The van der Waals surface area contributed by atoms with Gasteiger partial charge in [-0.1, -0.05) is 40.0 Å². The van der Waals surface area contributed by atoms with Gasteiger partial charge in [0, 0.05) is 13.2 Å². The van der Waals surface area contributed by atoms with Crippen LogP contribution in [0.1, 0.15) is 85.0 Å². The Hall–Kier alpha value is -0.0800. The molecule has 0 bridgehead atoms. The molecule has 0 spiro atoms. The van der Waals surface area contributed by atoms with Crippen LogP contribution in [-0.4, -0.2) is 25.4 Å². The molecule has 2 nitrogen and oxygen atoms in total. The van der Waals surface area contributed by atoms with Crippen LogP contribution in [0.2, 0.25) is 0 Å². The number of rotatable bonds is 3. The Balaban J connectivity index is 0.000000154. The van der Waals surface area contributed by atoms with Gasteiger partial charge in [0.1, 0.15) is 0 Å². The van der Waals surface area contributed by atoms with Crippen LogP contribution >= 0.6 is 0 Å². The molecule has 3 fully saturated rings. The van der Waals surface area contributed by atoms with Crippen molar-refractivity contribution in [1.82, 2.24) is 0 Å². The minimum absolute atomic E-state index is 0.587. The van der Waals surface area contributed by atoms with Gasteiger partial charge in [-0.15, -0.1) is 0 Å². The highest BCUT2D eigenvalue weighted by atomic mass is 16.5. The average molecular weight is 284 g/mol. The highest BCUT2D eigenvalue weighted by Crippen LogP contribution is 2.31. The summed E-state index contributed by atoms with van der Waals surface area (Å²) in [7, 11) is 0. The maximum Gasteiger partial charge on any atom is 0.0573 e. The van der Waals surface area contributed by atoms with Crippen molar-refractivity contribution in [2.45, 2.75) is 97.2 Å². The van der Waals surface area contributed by atoms with Gasteiger partial charge in [-0.2, -0.15) is 0 Å². The first-order chi connectivity index (χ1) is 9.80. The Labute approximate surface area is 126 Å². The van der Waals surface area contributed by atoms with Crippen LogP contribution in [0.15, 0.2) is 0 Å². The molecule has 3 rings (SSSR count). The predicted molar refractivity (Wildman–Crippen MR) is 86.2 cm³/mol. The second-order valence-corrected chi connectivity index (χ2v) is 6.29. The van der Waals surface area contributed by atoms with Gasteiger partial charge < -0.3 is 9.47 Å². The minimum Gasteiger partial charge on any atom is -0.378 e. The minimum atomic E-state index is 0.587. The van der Waals surface area contributed by atoms with Crippen LogP contribution in [-0.2, 0) is 9.47 Å². The van der Waals surface area contributed by atoms with Gasteiger partial charge in [0.25, 0.3) is 0 Å². The lowest BCUT2D eigenvalue weighted by Crippen LogP contribution is -2.17. The molecular formula is C18H36O2. The molecule has 0 aromatic heterocycles. The second kappa shape index (κ2) is 11.6. The van der Waals surface area contributed by atoms with Gasteiger partial charge in [-0.05, 0) is 50.9 Å². The molecule has 0 aromatic rings. The fraction of sp³-hybridized carbons (Fsp3) is 1.00. The molecule has 2 unspecified atom stereocenters. The Bertz CT molecular complexity index is 201. The lowest BCUT2D eigenvalue weighted by molar-refractivity contribution is 0.0143. The third kappa shape index (κ3) is 8.97. The summed E-state index contributed by atoms with van der Waals surface area (Å²) < 4.78 is 10.7. The van der Waals surface area contributed by atoms with E-state index in [9.17, 15) is 0 Å². The zero-order valence-electron chi connectivity index (χ0n) is 14.0. The molecule has 20 heavy (non-hydrogen) atoms. The van der Waals surface area contributed by atoms with E-state index in [1.165, 1.54) is 64.2 Å². The molecule has 2 heteroatoms. The van der Waals surface area contributed by atoms with Crippen LogP contribution in [0.5, 0.6) is 0 Å². The normalized spacial score (nSPS) is 28.9. The first-order valence-electron chi connectivity index (χ1n) is 9.03. The fourth-order valence-electron chi connectivity index (χ4n) is 2.62. The Morgan fingerprint density at radius 1 is 0.650 bits per heavy atom. The van der Waals surface area contributed by atoms with Crippen molar-refractivity contribution in [2.75, 3.05) is 13.2 Å². The number of hydrogen-bond donors (Lipinski definition) is 0. The molecule has 0 aromatic carbocycles. The SMILES string of the molecule is CCC1CC1.CCC1CCCCO1.CCC1CCCO1. The van der Waals surface area contributed by atoms with Crippen molar-refractivity contribution in [1.29, 1.82) is 0 Å². The van der Waals surface area contributed by atoms with E-state index in [1.54, 1.807) is 0 Å². The number of hydrogen-bond acceptors (Lipinski definition) is 2. The summed E-state index contributed by atoms with van der Waals surface area (Å²) in [6.07, 6.45) is 14.5. The van der Waals surface area contributed by atoms with E-state index in [-0.39, 0.29) is 0 Å². The van der Waals surface area contributed by atoms with E-state index >= 15 is 0 Å². The summed E-state index contributed by atoms with van der Waals surface area (Å²) in [6, 6.07) is 0. The maximum atomic E-state index is 5.43. The van der Waals surface area contributed by atoms with Crippen molar-refractivity contribution >= 4 is 0 Å². The quantitative estimate of drug-likeness (QED) is 0.695. The van der Waals surface area contributed by atoms with Crippen molar-refractivity contribution in [3.8, 4) is 0 Å². The van der Waals surface area contributed by atoms with Crippen molar-refractivity contribution in [3.05, 3.63) is 0 Å².